The van der Waals surface area contributed by atoms with Gasteiger partial charge in [0.25, 0.3) is 5.91 Å². The van der Waals surface area contributed by atoms with Crippen molar-refractivity contribution in [3.8, 4) is 0 Å². The monoisotopic (exact) mass is 268 g/mol. The Morgan fingerprint density at radius 2 is 1.90 bits per heavy atom. The van der Waals surface area contributed by atoms with E-state index in [-0.39, 0.29) is 11.9 Å². The summed E-state index contributed by atoms with van der Waals surface area (Å²) in [7, 11) is 0. The fourth-order valence-electron chi connectivity index (χ4n) is 2.22. The van der Waals surface area contributed by atoms with Crippen molar-refractivity contribution in [2.24, 2.45) is 0 Å². The molecule has 3 heteroatoms. The topological polar surface area (TPSA) is 55.1 Å². The summed E-state index contributed by atoms with van der Waals surface area (Å²) in [6.45, 7) is 2.11. The van der Waals surface area contributed by atoms with E-state index >= 15 is 0 Å². The van der Waals surface area contributed by atoms with Crippen LogP contribution < -0.4 is 11.1 Å². The predicted octanol–water partition coefficient (Wildman–Crippen LogP) is 3.54. The van der Waals surface area contributed by atoms with Crippen LogP contribution in [0.15, 0.2) is 54.6 Å². The molecule has 0 aromatic heterocycles. The number of benzene rings is 2. The first-order chi connectivity index (χ1) is 9.70. The fourth-order valence-corrected chi connectivity index (χ4v) is 2.22. The summed E-state index contributed by atoms with van der Waals surface area (Å²) in [6, 6.07) is 17.1. The Morgan fingerprint density at radius 1 is 1.15 bits per heavy atom. The van der Waals surface area contributed by atoms with Crippen LogP contribution in [0.5, 0.6) is 0 Å². The van der Waals surface area contributed by atoms with Crippen LogP contribution in [0, 0.1) is 0 Å². The van der Waals surface area contributed by atoms with Crippen molar-refractivity contribution in [3.05, 3.63) is 65.7 Å². The van der Waals surface area contributed by atoms with Crippen molar-refractivity contribution in [1.29, 1.82) is 0 Å². The molecule has 0 aliphatic rings. The number of hydrogen-bond acceptors (Lipinski definition) is 2. The maximum absolute atomic E-state index is 12.3. The Bertz CT molecular complexity index is 566. The lowest BCUT2D eigenvalue weighted by atomic mass is 10.0. The van der Waals surface area contributed by atoms with Crippen LogP contribution in [0.1, 0.15) is 41.7 Å². The van der Waals surface area contributed by atoms with E-state index in [1.807, 2.05) is 30.3 Å². The third-order valence-corrected chi connectivity index (χ3v) is 3.23. The summed E-state index contributed by atoms with van der Waals surface area (Å²) in [5.74, 6) is -0.0837. The van der Waals surface area contributed by atoms with E-state index in [0.717, 1.165) is 18.4 Å². The van der Waals surface area contributed by atoms with Gasteiger partial charge in [-0.1, -0.05) is 49.7 Å². The van der Waals surface area contributed by atoms with E-state index in [0.29, 0.717) is 11.3 Å². The van der Waals surface area contributed by atoms with Gasteiger partial charge >= 0.3 is 0 Å². The van der Waals surface area contributed by atoms with Crippen LogP contribution in [0.2, 0.25) is 0 Å². The largest absolute Gasteiger partial charge is 0.399 e. The molecule has 3 N–H and O–H groups in total. The van der Waals surface area contributed by atoms with Crippen LogP contribution in [0.4, 0.5) is 5.69 Å². The van der Waals surface area contributed by atoms with Crippen LogP contribution in [-0.2, 0) is 0 Å². The lowest BCUT2D eigenvalue weighted by Gasteiger charge is -2.18. The zero-order valence-corrected chi connectivity index (χ0v) is 11.7. The third kappa shape index (κ3) is 3.60. The van der Waals surface area contributed by atoms with E-state index in [1.165, 1.54) is 0 Å². The summed E-state index contributed by atoms with van der Waals surface area (Å²) in [5.41, 5.74) is 8.05. The number of hydrogen-bond donors (Lipinski definition) is 2. The molecule has 1 unspecified atom stereocenters. The molecule has 2 aromatic rings. The van der Waals surface area contributed by atoms with E-state index in [1.54, 1.807) is 24.3 Å². The van der Waals surface area contributed by atoms with Gasteiger partial charge in [0.1, 0.15) is 0 Å². The second-order valence-electron chi connectivity index (χ2n) is 4.85. The highest BCUT2D eigenvalue weighted by Crippen LogP contribution is 2.19. The van der Waals surface area contributed by atoms with Crippen molar-refractivity contribution in [2.45, 2.75) is 25.8 Å². The van der Waals surface area contributed by atoms with E-state index in [9.17, 15) is 4.79 Å². The van der Waals surface area contributed by atoms with Gasteiger partial charge in [-0.15, -0.1) is 0 Å². The van der Waals surface area contributed by atoms with Crippen molar-refractivity contribution in [3.63, 3.8) is 0 Å². The summed E-state index contributed by atoms with van der Waals surface area (Å²) in [4.78, 5) is 12.3. The highest BCUT2D eigenvalue weighted by atomic mass is 16.1. The number of carbonyl (C=O) groups excluding carboxylic acids is 1. The summed E-state index contributed by atoms with van der Waals surface area (Å²) in [6.07, 6.45) is 1.93. The normalized spacial score (nSPS) is 11.8. The number of carbonyl (C=O) groups is 1. The zero-order valence-electron chi connectivity index (χ0n) is 11.7. The molecule has 1 atom stereocenters. The Hall–Kier alpha value is -2.29. The number of rotatable bonds is 5. The second-order valence-corrected chi connectivity index (χ2v) is 4.85. The van der Waals surface area contributed by atoms with Crippen molar-refractivity contribution < 1.29 is 4.79 Å². The first-order valence-electron chi connectivity index (χ1n) is 6.92. The van der Waals surface area contributed by atoms with Gasteiger partial charge in [-0.2, -0.15) is 0 Å². The highest BCUT2D eigenvalue weighted by molar-refractivity contribution is 5.95. The molecule has 0 saturated carbocycles. The summed E-state index contributed by atoms with van der Waals surface area (Å²) >= 11 is 0. The lowest BCUT2D eigenvalue weighted by Crippen LogP contribution is -2.28. The molecule has 0 fully saturated rings. The van der Waals surface area contributed by atoms with Crippen LogP contribution in [0.25, 0.3) is 0 Å². The molecule has 0 radical (unpaired) electrons. The van der Waals surface area contributed by atoms with Gasteiger partial charge in [-0.3, -0.25) is 4.79 Å². The molecular weight excluding hydrogens is 248 g/mol. The molecule has 20 heavy (non-hydrogen) atoms. The fraction of sp³-hybridized carbons (Fsp3) is 0.235. The zero-order chi connectivity index (χ0) is 14.4. The van der Waals surface area contributed by atoms with Crippen molar-refractivity contribution in [1.82, 2.24) is 5.32 Å². The first-order valence-corrected chi connectivity index (χ1v) is 6.92. The maximum atomic E-state index is 12.3. The minimum Gasteiger partial charge on any atom is -0.399 e. The Morgan fingerprint density at radius 3 is 2.55 bits per heavy atom. The lowest BCUT2D eigenvalue weighted by molar-refractivity contribution is 0.0934. The van der Waals surface area contributed by atoms with Gasteiger partial charge in [-0.25, -0.2) is 0 Å². The molecule has 0 spiro atoms. The van der Waals surface area contributed by atoms with Gasteiger partial charge in [0, 0.05) is 11.3 Å². The van der Waals surface area contributed by atoms with Crippen molar-refractivity contribution >= 4 is 11.6 Å². The van der Waals surface area contributed by atoms with E-state index in [2.05, 4.69) is 12.2 Å². The molecule has 0 heterocycles. The quantitative estimate of drug-likeness (QED) is 0.815. The standard InChI is InChI=1S/C17H20N2O/c1-2-7-16(13-8-4-3-5-9-13)19-17(20)14-10-6-11-15(18)12-14/h3-6,8-12,16H,2,7,18H2,1H3,(H,19,20). The number of nitrogens with two attached hydrogens (primary N) is 1. The van der Waals surface area contributed by atoms with Gasteiger partial charge in [0.05, 0.1) is 6.04 Å². The van der Waals surface area contributed by atoms with E-state index < -0.39 is 0 Å². The highest BCUT2D eigenvalue weighted by Gasteiger charge is 2.14. The number of nitrogens with one attached hydrogen (secondary N) is 1. The molecule has 0 saturated heterocycles. The minimum atomic E-state index is -0.0837. The predicted molar refractivity (Wildman–Crippen MR) is 82.4 cm³/mol. The number of amides is 1. The molecule has 104 valence electrons. The van der Waals surface area contributed by atoms with Gasteiger partial charge < -0.3 is 11.1 Å². The molecule has 2 rings (SSSR count). The average molecular weight is 268 g/mol. The Balaban J connectivity index is 2.14. The van der Waals surface area contributed by atoms with Crippen LogP contribution in [0.3, 0.4) is 0 Å². The summed E-state index contributed by atoms with van der Waals surface area (Å²) < 4.78 is 0. The molecule has 0 aliphatic heterocycles. The average Bonchev–Trinajstić information content (AvgIpc) is 2.47. The van der Waals surface area contributed by atoms with Gasteiger partial charge in [0.15, 0.2) is 0 Å². The third-order valence-electron chi connectivity index (χ3n) is 3.23. The SMILES string of the molecule is CCCC(NC(=O)c1cccc(N)c1)c1ccccc1. The molecule has 1 amide bonds. The Kier molecular flexibility index (Phi) is 4.77. The molecule has 3 nitrogen and oxygen atoms in total. The number of nitrogen functional groups attached to an aromatic ring is 1. The maximum Gasteiger partial charge on any atom is 0.251 e. The summed E-state index contributed by atoms with van der Waals surface area (Å²) in [5, 5.41) is 3.08. The Labute approximate surface area is 119 Å². The van der Waals surface area contributed by atoms with Gasteiger partial charge in [-0.05, 0) is 30.2 Å². The minimum absolute atomic E-state index is 0.0372. The molecule has 0 bridgehead atoms. The van der Waals surface area contributed by atoms with Crippen LogP contribution >= 0.6 is 0 Å². The smallest absolute Gasteiger partial charge is 0.251 e. The molecule has 2 aromatic carbocycles. The van der Waals surface area contributed by atoms with Gasteiger partial charge in [0.2, 0.25) is 0 Å². The van der Waals surface area contributed by atoms with Crippen molar-refractivity contribution in [2.75, 3.05) is 5.73 Å². The molecule has 0 aliphatic carbocycles. The first kappa shape index (κ1) is 14.1. The molecular formula is C17H20N2O. The number of anilines is 1. The van der Waals surface area contributed by atoms with E-state index in [4.69, 9.17) is 5.73 Å². The van der Waals surface area contributed by atoms with Crippen LogP contribution in [-0.4, -0.2) is 5.91 Å². The second kappa shape index (κ2) is 6.75.